The van der Waals surface area contributed by atoms with Gasteiger partial charge in [0.2, 0.25) is 0 Å². The normalized spacial score (nSPS) is 29.3. The number of carboxylic acids is 1. The lowest BCUT2D eigenvalue weighted by Crippen LogP contribution is -2.45. The van der Waals surface area contributed by atoms with Gasteiger partial charge in [0.05, 0.1) is 6.10 Å². The van der Waals surface area contributed by atoms with Crippen LogP contribution >= 0.6 is 0 Å². The van der Waals surface area contributed by atoms with E-state index in [4.69, 9.17) is 9.47 Å². The summed E-state index contributed by atoms with van der Waals surface area (Å²) in [7, 11) is 0. The summed E-state index contributed by atoms with van der Waals surface area (Å²) in [6, 6.07) is 7.69. The van der Waals surface area contributed by atoms with Gasteiger partial charge in [-0.05, 0) is 43.7 Å². The Morgan fingerprint density at radius 1 is 1.35 bits per heavy atom. The first-order chi connectivity index (χ1) is 9.70. The van der Waals surface area contributed by atoms with E-state index in [1.807, 2.05) is 24.3 Å². The van der Waals surface area contributed by atoms with E-state index >= 15 is 0 Å². The monoisotopic (exact) mass is 276 g/mol. The first-order valence-corrected chi connectivity index (χ1v) is 7.25. The lowest BCUT2D eigenvalue weighted by molar-refractivity contribution is -0.155. The minimum atomic E-state index is -0.851. The summed E-state index contributed by atoms with van der Waals surface area (Å²) in [5.41, 5.74) is 0.132. The van der Waals surface area contributed by atoms with E-state index in [9.17, 15) is 9.90 Å². The Balaban J connectivity index is 1.81. The quantitative estimate of drug-likeness (QED) is 0.922. The number of carbonyl (C=O) groups is 1. The molecular weight excluding hydrogens is 256 g/mol. The van der Waals surface area contributed by atoms with Crippen molar-refractivity contribution in [1.82, 2.24) is 0 Å². The molecule has 3 rings (SSSR count). The van der Waals surface area contributed by atoms with Crippen molar-refractivity contribution in [3.05, 3.63) is 29.8 Å². The van der Waals surface area contributed by atoms with Crippen molar-refractivity contribution >= 4 is 5.97 Å². The Labute approximate surface area is 118 Å². The molecule has 1 fully saturated rings. The van der Waals surface area contributed by atoms with Crippen LogP contribution in [-0.2, 0) is 16.0 Å². The summed E-state index contributed by atoms with van der Waals surface area (Å²) >= 11 is 0. The zero-order valence-electron chi connectivity index (χ0n) is 11.5. The zero-order chi connectivity index (χ0) is 14.0. The average molecular weight is 276 g/mol. The Hall–Kier alpha value is -1.55. The van der Waals surface area contributed by atoms with Crippen LogP contribution in [-0.4, -0.2) is 30.4 Å². The first-order valence-electron chi connectivity index (χ1n) is 7.25. The molecule has 1 saturated heterocycles. The molecule has 1 aromatic rings. The molecule has 4 heteroatoms. The average Bonchev–Trinajstić information content (AvgIpc) is 2.48. The summed E-state index contributed by atoms with van der Waals surface area (Å²) in [4.78, 5) is 11.8. The van der Waals surface area contributed by atoms with E-state index in [0.29, 0.717) is 12.8 Å². The predicted molar refractivity (Wildman–Crippen MR) is 73.9 cm³/mol. The topological polar surface area (TPSA) is 55.8 Å². The number of para-hydroxylation sites is 1. The highest BCUT2D eigenvalue weighted by Gasteiger charge is 2.45. The Morgan fingerprint density at radius 2 is 2.20 bits per heavy atom. The van der Waals surface area contributed by atoms with Gasteiger partial charge in [-0.1, -0.05) is 18.2 Å². The number of rotatable bonds is 3. The molecule has 2 heterocycles. The maximum absolute atomic E-state index is 11.8. The fourth-order valence-electron chi connectivity index (χ4n) is 3.18. The number of aliphatic carboxylic acids is 1. The van der Waals surface area contributed by atoms with Gasteiger partial charge in [-0.3, -0.25) is 4.79 Å². The molecule has 108 valence electrons. The van der Waals surface area contributed by atoms with Gasteiger partial charge in [0.1, 0.15) is 17.8 Å². The molecular formula is C16H20O4. The van der Waals surface area contributed by atoms with E-state index in [2.05, 4.69) is 0 Å². The predicted octanol–water partition coefficient (Wildman–Crippen LogP) is 2.65. The number of hydrogen-bond acceptors (Lipinski definition) is 3. The van der Waals surface area contributed by atoms with E-state index in [0.717, 1.165) is 37.2 Å². The highest BCUT2D eigenvalue weighted by atomic mass is 16.5. The number of benzene rings is 1. The summed E-state index contributed by atoms with van der Waals surface area (Å²) in [6.07, 6.45) is 4.27. The van der Waals surface area contributed by atoms with E-state index < -0.39 is 11.4 Å². The lowest BCUT2D eigenvalue weighted by Gasteiger charge is -2.37. The molecule has 2 atom stereocenters. The van der Waals surface area contributed by atoms with Crippen molar-refractivity contribution in [2.75, 3.05) is 13.2 Å². The van der Waals surface area contributed by atoms with Crippen LogP contribution in [0.2, 0.25) is 0 Å². The van der Waals surface area contributed by atoms with Crippen LogP contribution < -0.4 is 4.74 Å². The maximum Gasteiger partial charge on any atom is 0.313 e. The molecule has 0 saturated carbocycles. The van der Waals surface area contributed by atoms with Gasteiger partial charge in [0.15, 0.2) is 0 Å². The smallest absolute Gasteiger partial charge is 0.313 e. The summed E-state index contributed by atoms with van der Waals surface area (Å²) in [5.74, 6) is 0.0371. The third-order valence-corrected chi connectivity index (χ3v) is 4.35. The minimum absolute atomic E-state index is 0.0497. The van der Waals surface area contributed by atoms with Crippen molar-refractivity contribution in [1.29, 1.82) is 0 Å². The van der Waals surface area contributed by atoms with Gasteiger partial charge in [-0.2, -0.15) is 0 Å². The van der Waals surface area contributed by atoms with Crippen LogP contribution in [0.1, 0.15) is 31.2 Å². The van der Waals surface area contributed by atoms with Gasteiger partial charge in [-0.25, -0.2) is 0 Å². The van der Waals surface area contributed by atoms with E-state index in [-0.39, 0.29) is 12.7 Å². The SMILES string of the molecule is O=C(O)C1(CC2CCCCO2)COc2ccccc2C1. The molecule has 1 aromatic carbocycles. The van der Waals surface area contributed by atoms with Crippen LogP contribution in [0.25, 0.3) is 0 Å². The molecule has 0 radical (unpaired) electrons. The Morgan fingerprint density at radius 3 is 2.95 bits per heavy atom. The highest BCUT2D eigenvalue weighted by Crippen LogP contribution is 2.39. The molecule has 0 spiro atoms. The highest BCUT2D eigenvalue weighted by molar-refractivity contribution is 5.76. The second kappa shape index (κ2) is 5.44. The van der Waals surface area contributed by atoms with Gasteiger partial charge >= 0.3 is 5.97 Å². The van der Waals surface area contributed by atoms with Crippen LogP contribution in [0.5, 0.6) is 5.75 Å². The molecule has 0 aromatic heterocycles. The van der Waals surface area contributed by atoms with Crippen molar-refractivity contribution in [3.8, 4) is 5.75 Å². The Kier molecular flexibility index (Phi) is 3.66. The first kappa shape index (κ1) is 13.4. The van der Waals surface area contributed by atoms with Crippen LogP contribution in [0.15, 0.2) is 24.3 Å². The van der Waals surface area contributed by atoms with E-state index in [1.54, 1.807) is 0 Å². The molecule has 2 aliphatic heterocycles. The molecule has 1 N–H and O–H groups in total. The van der Waals surface area contributed by atoms with Gasteiger partial charge < -0.3 is 14.6 Å². The number of fused-ring (bicyclic) bond motifs is 1. The zero-order valence-corrected chi connectivity index (χ0v) is 11.5. The van der Waals surface area contributed by atoms with Crippen molar-refractivity contribution in [3.63, 3.8) is 0 Å². The van der Waals surface area contributed by atoms with Gasteiger partial charge in [0.25, 0.3) is 0 Å². The second-order valence-corrected chi connectivity index (χ2v) is 5.85. The van der Waals surface area contributed by atoms with Crippen LogP contribution in [0.4, 0.5) is 0 Å². The van der Waals surface area contributed by atoms with Gasteiger partial charge in [-0.15, -0.1) is 0 Å². The maximum atomic E-state index is 11.8. The number of carboxylic acid groups (broad SMARTS) is 1. The summed E-state index contributed by atoms with van der Waals surface area (Å²) in [5, 5.41) is 9.71. The summed E-state index contributed by atoms with van der Waals surface area (Å²) < 4.78 is 11.4. The fraction of sp³-hybridized carbons (Fsp3) is 0.562. The van der Waals surface area contributed by atoms with Crippen LogP contribution in [0.3, 0.4) is 0 Å². The molecule has 2 unspecified atom stereocenters. The third kappa shape index (κ3) is 2.52. The van der Waals surface area contributed by atoms with E-state index in [1.165, 1.54) is 0 Å². The lowest BCUT2D eigenvalue weighted by atomic mass is 9.75. The van der Waals surface area contributed by atoms with Crippen LogP contribution in [0, 0.1) is 5.41 Å². The standard InChI is InChI=1S/C16H20O4/c17-15(18)16(10-13-6-3-4-8-19-13)9-12-5-1-2-7-14(12)20-11-16/h1-2,5,7,13H,3-4,6,8-11H2,(H,17,18). The number of hydrogen-bond donors (Lipinski definition) is 1. The van der Waals surface area contributed by atoms with Crippen molar-refractivity contribution < 1.29 is 19.4 Å². The third-order valence-electron chi connectivity index (χ3n) is 4.35. The second-order valence-electron chi connectivity index (χ2n) is 5.85. The Bertz CT molecular complexity index is 493. The molecule has 4 nitrogen and oxygen atoms in total. The molecule has 20 heavy (non-hydrogen) atoms. The largest absolute Gasteiger partial charge is 0.492 e. The molecule has 0 bridgehead atoms. The number of ether oxygens (including phenoxy) is 2. The summed E-state index contributed by atoms with van der Waals surface area (Å²) in [6.45, 7) is 0.983. The van der Waals surface area contributed by atoms with Crippen molar-refractivity contribution in [2.45, 2.75) is 38.2 Å². The molecule has 0 amide bonds. The fourth-order valence-corrected chi connectivity index (χ4v) is 3.18. The minimum Gasteiger partial charge on any atom is -0.492 e. The van der Waals surface area contributed by atoms with Gasteiger partial charge in [0, 0.05) is 6.61 Å². The molecule has 2 aliphatic rings. The molecule has 0 aliphatic carbocycles. The van der Waals surface area contributed by atoms with Crippen molar-refractivity contribution in [2.24, 2.45) is 5.41 Å².